The van der Waals surface area contributed by atoms with Gasteiger partial charge in [0.2, 0.25) is 30.0 Å². The molecule has 710 valence electrons. The van der Waals surface area contributed by atoms with Gasteiger partial charge < -0.3 is 52.0 Å². The Kier molecular flexibility index (Phi) is 47.6. The number of ether oxygens (including phenoxy) is 1. The predicted molar refractivity (Wildman–Crippen MR) is 522 cm³/mol. The third-order valence-corrected chi connectivity index (χ3v) is 28.4. The summed E-state index contributed by atoms with van der Waals surface area (Å²) in [6.45, 7) is 15.4. The average molecular weight is 1870 g/mol. The number of amides is 3. The Bertz CT molecular complexity index is 4770. The van der Waals surface area contributed by atoms with Crippen LogP contribution in [0.25, 0.3) is 4.85 Å². The number of aliphatic carboxylic acids is 1. The molecule has 2 fully saturated rings. The van der Waals surface area contributed by atoms with Crippen LogP contribution in [0.5, 0.6) is 0 Å². The number of rotatable bonds is 29. The standard InChI is InChI=1S/C42H49NO3S.C24H24O2S.C19H25N3O2S.C11H11N.C6H12O.C2H3F3O.C2HF3O.CH4.H3N/c1-31(28-29-47-42(35-18-7-4-8-19-35,36-20-9-5-10-21-36)37-22-11-6-12-23-37)40(44)30-34(27-26-32(2)46-3)41(45)43-39-25-15-17-33-16-13-14-24-38(33)39;1-19(23(25)26)17-18-27-24(20-11-5-2-6-12-20,21-13-7-3-8-14-21)22-15-9-4-10-16-22;20-14-10-11-25-17-9-8-16(22(17)19(14)24)18(23)21-15-7-3-5-12-4-1-2-6-13(12)15;1-12-11-8-4-6-9-5-2-3-7-10(9)11;1-6(2)4-3-5-7;2*3-2(4,5)1-6;;/h4-14,16,18-24,31-32,34,39H,15,17,25-30H2,1-3H3,(H,43,45);2-16,19H,17-18H2,1H3,(H,25,26);1-2,4,6,14-17H,3,5,7-11,20H2,(H,21,23);2-3,5,7,11H,4,6,8H2;5-6H,3-4H2,1-2H3;6H,1H2;1H;1H4;1H3/t31-,32?,34?,39+;19-;14-,15+,16?,17-;11-;;;;;/m0001...../s1. The lowest BCUT2D eigenvalue weighted by Crippen LogP contribution is -2.52. The van der Waals surface area contributed by atoms with Crippen molar-refractivity contribution in [2.75, 3.05) is 31.0 Å². The number of carbonyl (C=O) groups excluding carboxylic acids is 6. The van der Waals surface area contributed by atoms with Gasteiger partial charge in [-0.05, 0) is 194 Å². The Hall–Kier alpha value is -10.2. The van der Waals surface area contributed by atoms with Gasteiger partial charge in [0.1, 0.15) is 24.7 Å². The number of methoxy groups -OCH3 is 1. The first-order valence-corrected chi connectivity index (χ1v) is 48.0. The van der Waals surface area contributed by atoms with Gasteiger partial charge in [-0.3, -0.25) is 28.8 Å². The SMILES string of the molecule is C.CC(C)CCC=O.COC(C)CCC(CC(=O)[C@@H](C)CCSC(c1ccccc1)(c1ccccc1)c1ccccc1)C(=O)N[C@@H]1CCCc2ccccc21.C[C@@H](CCSC(c1ccccc1)(c1ccccc1)c1ccccc1)C(=O)O.N.N[C@H]1CCS[C@H]2CCC(C(=O)N[C@@H]3CCCc4ccccc43)N2C1=O.O=CC(F)(F)F.OCC(F)(F)F.[C-]#[N+][C@@H]1CCCc2ccccc21. The van der Waals surface area contributed by atoms with Crippen molar-refractivity contribution in [1.82, 2.24) is 21.7 Å². The van der Waals surface area contributed by atoms with Gasteiger partial charge in [-0.15, -0.1) is 35.3 Å². The van der Waals surface area contributed by atoms with E-state index in [1.54, 1.807) is 30.7 Å². The quantitative estimate of drug-likeness (QED) is 0.0110. The summed E-state index contributed by atoms with van der Waals surface area (Å²) in [5.74, 6) is 1.55. The van der Waals surface area contributed by atoms with Gasteiger partial charge in [-0.25, -0.2) is 6.57 Å². The van der Waals surface area contributed by atoms with Crippen LogP contribution in [-0.2, 0) is 67.1 Å². The average Bonchev–Trinajstić information content (AvgIpc) is 0.966. The summed E-state index contributed by atoms with van der Waals surface area (Å²) in [4.78, 5) is 88.3. The first kappa shape index (κ1) is 111. The van der Waals surface area contributed by atoms with Crippen molar-refractivity contribution in [3.63, 3.8) is 0 Å². The summed E-state index contributed by atoms with van der Waals surface area (Å²) < 4.78 is 67.6. The Morgan fingerprint density at radius 3 is 1.30 bits per heavy atom. The molecule has 9 aromatic carbocycles. The number of halogens is 6. The molecule has 9 aromatic rings. The molecule has 25 heteroatoms. The van der Waals surface area contributed by atoms with E-state index in [-0.39, 0.29) is 102 Å². The third-order valence-electron chi connectivity index (χ3n) is 23.9. The Morgan fingerprint density at radius 1 is 0.545 bits per heavy atom. The van der Waals surface area contributed by atoms with Gasteiger partial charge in [0.15, 0.2) is 0 Å². The minimum Gasteiger partial charge on any atom is -0.481 e. The van der Waals surface area contributed by atoms with Gasteiger partial charge in [-0.1, -0.05) is 290 Å². The predicted octanol–water partition coefficient (Wildman–Crippen LogP) is 23.8. The van der Waals surface area contributed by atoms with Crippen molar-refractivity contribution in [2.45, 2.75) is 228 Å². The highest BCUT2D eigenvalue weighted by atomic mass is 32.2. The van der Waals surface area contributed by atoms with Crippen LogP contribution >= 0.6 is 35.3 Å². The lowest BCUT2D eigenvalue weighted by molar-refractivity contribution is -0.159. The van der Waals surface area contributed by atoms with Crippen LogP contribution in [0.1, 0.15) is 230 Å². The molecule has 3 unspecified atom stereocenters. The van der Waals surface area contributed by atoms with E-state index in [1.807, 2.05) is 73.8 Å². The fourth-order valence-electron chi connectivity index (χ4n) is 16.7. The van der Waals surface area contributed by atoms with Crippen molar-refractivity contribution in [1.29, 1.82) is 0 Å². The van der Waals surface area contributed by atoms with Crippen molar-refractivity contribution in [3.05, 3.63) is 333 Å². The van der Waals surface area contributed by atoms with Gasteiger partial charge in [-0.2, -0.15) is 26.3 Å². The van der Waals surface area contributed by atoms with E-state index < -0.39 is 42.0 Å². The van der Waals surface area contributed by atoms with E-state index in [9.17, 15) is 60.2 Å². The number of Topliss-reactive ketones (excluding diaryl/α,β-unsaturated/α-hetero) is 1. The molecule has 132 heavy (non-hydrogen) atoms. The number of hydrogen-bond acceptors (Lipinski definition) is 14. The highest BCUT2D eigenvalue weighted by molar-refractivity contribution is 8.01. The van der Waals surface area contributed by atoms with E-state index in [0.717, 1.165) is 113 Å². The van der Waals surface area contributed by atoms with E-state index >= 15 is 0 Å². The number of nitrogens with one attached hydrogen (secondary N) is 2. The first-order valence-electron chi connectivity index (χ1n) is 45.0. The number of aliphatic hydroxyl groups excluding tert-OH is 1. The lowest BCUT2D eigenvalue weighted by atomic mass is 9.84. The zero-order chi connectivity index (χ0) is 94.1. The van der Waals surface area contributed by atoms with Crippen LogP contribution in [0.4, 0.5) is 26.3 Å². The van der Waals surface area contributed by atoms with E-state index in [2.05, 4.69) is 248 Å². The van der Waals surface area contributed by atoms with Crippen LogP contribution < -0.4 is 22.5 Å². The molecule has 0 aromatic heterocycles. The van der Waals surface area contributed by atoms with Gasteiger partial charge in [0.25, 0.3) is 0 Å². The number of nitrogens with zero attached hydrogens (tertiary/aromatic N) is 2. The van der Waals surface area contributed by atoms with Crippen LogP contribution in [0.3, 0.4) is 0 Å². The summed E-state index contributed by atoms with van der Waals surface area (Å²) in [6.07, 6.45) is 7.45. The lowest BCUT2D eigenvalue weighted by Gasteiger charge is -2.36. The molecule has 16 nitrogen and oxygen atoms in total. The number of hydrogen-bond donors (Lipinski definition) is 6. The Morgan fingerprint density at radius 2 is 0.924 bits per heavy atom. The Balaban J connectivity index is 0.000000269. The third kappa shape index (κ3) is 33.5. The number of thioether (sulfide) groups is 3. The molecule has 5 aliphatic rings. The number of aldehydes is 2. The van der Waals surface area contributed by atoms with Gasteiger partial charge in [0, 0.05) is 43.8 Å². The smallest absolute Gasteiger partial charge is 0.446 e. The zero-order valence-corrected chi connectivity index (χ0v) is 78.3. The number of aliphatic hydroxyl groups is 1. The Labute approximate surface area is 789 Å². The van der Waals surface area contributed by atoms with Crippen molar-refractivity contribution < 1.29 is 74.9 Å². The molecule has 14 rings (SSSR count). The fourth-order valence-corrected chi connectivity index (χ4v) is 21.4. The monoisotopic (exact) mass is 1870 g/mol. The molecule has 10 atom stereocenters. The second kappa shape index (κ2) is 56.8. The molecule has 3 amide bonds. The molecule has 9 N–H and O–H groups in total. The molecule has 0 bridgehead atoms. The largest absolute Gasteiger partial charge is 0.481 e. The van der Waals surface area contributed by atoms with Crippen LogP contribution in [0, 0.1) is 30.2 Å². The summed E-state index contributed by atoms with van der Waals surface area (Å²) >= 11 is 5.46. The minimum atomic E-state index is -4.64. The van der Waals surface area contributed by atoms with Crippen LogP contribution in [0.2, 0.25) is 0 Å². The molecular weight excluding hydrogens is 1740 g/mol. The van der Waals surface area contributed by atoms with Crippen molar-refractivity contribution in [2.24, 2.45) is 29.4 Å². The van der Waals surface area contributed by atoms with E-state index in [0.29, 0.717) is 25.2 Å². The number of aryl methyl sites for hydroxylation is 3. The molecule has 0 saturated carbocycles. The van der Waals surface area contributed by atoms with Crippen molar-refractivity contribution in [3.8, 4) is 0 Å². The normalized spacial score (nSPS) is 17.9. The maximum absolute atomic E-state index is 13.8. The molecule has 0 spiro atoms. The number of carboxylic acids is 1. The molecule has 2 heterocycles. The van der Waals surface area contributed by atoms with Crippen LogP contribution in [0.15, 0.2) is 255 Å². The van der Waals surface area contributed by atoms with Gasteiger partial charge >= 0.3 is 18.3 Å². The molecule has 2 aliphatic heterocycles. The number of alkyl halides is 6. The maximum Gasteiger partial charge on any atom is 0.446 e. The van der Waals surface area contributed by atoms with Crippen molar-refractivity contribution >= 4 is 77.3 Å². The number of carboxylic acid groups (broad SMARTS) is 1. The fraction of sp³-hybridized carbons (Fsp3) is 0.421. The summed E-state index contributed by atoms with van der Waals surface area (Å²) in [7, 11) is 1.70. The molecule has 2 saturated heterocycles. The number of ketones is 1. The summed E-state index contributed by atoms with van der Waals surface area (Å²) in [5, 5.41) is 23.2. The van der Waals surface area contributed by atoms with Gasteiger partial charge in [0.05, 0.1) is 45.0 Å². The second-order valence-electron chi connectivity index (χ2n) is 33.6. The van der Waals surface area contributed by atoms with E-state index in [1.165, 1.54) is 73.2 Å². The molecule has 0 radical (unpaired) electrons. The first-order chi connectivity index (χ1) is 62.5. The number of nitrogens with two attached hydrogens (primary N) is 1. The summed E-state index contributed by atoms with van der Waals surface area (Å²) in [6, 6.07) is 87.9. The second-order valence-corrected chi connectivity index (χ2v) is 37.5. The molecule has 3 aliphatic carbocycles. The maximum atomic E-state index is 13.8. The number of fused-ring (bicyclic) bond motifs is 4. The molecular formula is C107H132F6N6O10S3. The zero-order valence-electron chi connectivity index (χ0n) is 75.8. The highest BCUT2D eigenvalue weighted by Gasteiger charge is 2.46. The van der Waals surface area contributed by atoms with Crippen LogP contribution in [-0.4, -0.2) is 124 Å². The summed E-state index contributed by atoms with van der Waals surface area (Å²) in [5.41, 5.74) is 21.0. The highest BCUT2D eigenvalue weighted by Crippen LogP contribution is 2.51. The minimum absolute atomic E-state index is 0. The number of benzene rings is 9. The van der Waals surface area contributed by atoms with E-state index in [4.69, 9.17) is 26.9 Å². The topological polar surface area (TPSA) is 262 Å². The number of carbonyl (C=O) groups is 7.